The first-order valence-electron chi connectivity index (χ1n) is 7.12. The quantitative estimate of drug-likeness (QED) is 0.726. The number of benzene rings is 1. The maximum absolute atomic E-state index is 5.71. The second-order valence-corrected chi connectivity index (χ2v) is 4.42. The highest BCUT2D eigenvalue weighted by Crippen LogP contribution is 2.31. The summed E-state index contributed by atoms with van der Waals surface area (Å²) in [6.07, 6.45) is 1.44. The van der Waals surface area contributed by atoms with Crippen LogP contribution in [0.4, 0.5) is 0 Å². The summed E-state index contributed by atoms with van der Waals surface area (Å²) in [6, 6.07) is 11.9. The number of hydrogen-bond acceptors (Lipinski definition) is 4. The zero-order valence-electron chi connectivity index (χ0n) is 12.7. The molecule has 0 saturated carbocycles. The van der Waals surface area contributed by atoms with E-state index in [0.717, 1.165) is 16.7 Å². The second kappa shape index (κ2) is 7.76. The molecule has 1 aromatic heterocycles. The molecule has 4 nitrogen and oxygen atoms in total. The van der Waals surface area contributed by atoms with Crippen molar-refractivity contribution in [1.29, 1.82) is 0 Å². The molecule has 0 spiro atoms. The molecule has 0 bridgehead atoms. The minimum absolute atomic E-state index is 0.363. The van der Waals surface area contributed by atoms with Crippen LogP contribution in [-0.4, -0.2) is 25.3 Å². The van der Waals surface area contributed by atoms with E-state index in [9.17, 15) is 0 Å². The van der Waals surface area contributed by atoms with Crippen LogP contribution in [0.2, 0.25) is 0 Å². The summed E-state index contributed by atoms with van der Waals surface area (Å²) in [4.78, 5) is 4.26. The molecule has 0 atom stereocenters. The molecule has 0 fully saturated rings. The third kappa shape index (κ3) is 3.80. The fourth-order valence-corrected chi connectivity index (χ4v) is 2.16. The zero-order valence-corrected chi connectivity index (χ0v) is 12.7. The molecule has 0 N–H and O–H groups in total. The summed E-state index contributed by atoms with van der Waals surface area (Å²) in [5.74, 6) is 0.599. The van der Waals surface area contributed by atoms with Gasteiger partial charge in [-0.15, -0.1) is 0 Å². The average molecular weight is 287 g/mol. The highest BCUT2D eigenvalue weighted by atomic mass is 16.7. The van der Waals surface area contributed by atoms with Gasteiger partial charge in [-0.25, -0.2) is 4.98 Å². The Hall–Kier alpha value is -1.91. The average Bonchev–Trinajstić information content (AvgIpc) is 2.55. The lowest BCUT2D eigenvalue weighted by Gasteiger charge is -2.20. The molecular weight excluding hydrogens is 266 g/mol. The predicted molar refractivity (Wildman–Crippen MR) is 82.2 cm³/mol. The molecule has 0 saturated heterocycles. The van der Waals surface area contributed by atoms with E-state index < -0.39 is 0 Å². The predicted octanol–water partition coefficient (Wildman–Crippen LogP) is 3.83. The van der Waals surface area contributed by atoms with Crippen LogP contribution in [0.25, 0.3) is 11.1 Å². The summed E-state index contributed by atoms with van der Waals surface area (Å²) in [5, 5.41) is 0. The lowest BCUT2D eigenvalue weighted by atomic mass is 10.0. The number of rotatable bonds is 7. The first kappa shape index (κ1) is 15.5. The fourth-order valence-electron chi connectivity index (χ4n) is 2.16. The minimum atomic E-state index is -0.363. The summed E-state index contributed by atoms with van der Waals surface area (Å²) < 4.78 is 16.5. The van der Waals surface area contributed by atoms with Crippen molar-refractivity contribution in [2.45, 2.75) is 20.1 Å². The Morgan fingerprint density at radius 1 is 1.00 bits per heavy atom. The fraction of sp³-hybridized carbons (Fsp3) is 0.353. The van der Waals surface area contributed by atoms with E-state index in [-0.39, 0.29) is 6.29 Å². The van der Waals surface area contributed by atoms with Gasteiger partial charge >= 0.3 is 0 Å². The standard InChI is InChI=1S/C17H21NO3/c1-4-20-17(21-5-2)15-9-7-6-8-14(15)13-10-11-16(19-3)18-12-13/h6-12,17H,4-5H2,1-3H3. The molecule has 1 aromatic carbocycles. The number of methoxy groups -OCH3 is 1. The lowest BCUT2D eigenvalue weighted by molar-refractivity contribution is -0.139. The van der Waals surface area contributed by atoms with Crippen LogP contribution in [0, 0.1) is 0 Å². The lowest BCUT2D eigenvalue weighted by Crippen LogP contribution is -2.10. The monoisotopic (exact) mass is 287 g/mol. The molecule has 2 aromatic rings. The van der Waals surface area contributed by atoms with Crippen LogP contribution < -0.4 is 4.74 Å². The summed E-state index contributed by atoms with van der Waals surface area (Å²) in [7, 11) is 1.61. The van der Waals surface area contributed by atoms with E-state index in [1.165, 1.54) is 0 Å². The number of ether oxygens (including phenoxy) is 3. The van der Waals surface area contributed by atoms with Gasteiger partial charge in [-0.2, -0.15) is 0 Å². The van der Waals surface area contributed by atoms with Gasteiger partial charge in [0.25, 0.3) is 0 Å². The van der Waals surface area contributed by atoms with E-state index in [1.54, 1.807) is 13.3 Å². The van der Waals surface area contributed by atoms with E-state index in [0.29, 0.717) is 19.1 Å². The SMILES string of the molecule is CCOC(OCC)c1ccccc1-c1ccc(OC)nc1. The highest BCUT2D eigenvalue weighted by Gasteiger charge is 2.16. The molecule has 0 aliphatic carbocycles. The van der Waals surface area contributed by atoms with Gasteiger partial charge in [0.2, 0.25) is 5.88 Å². The minimum Gasteiger partial charge on any atom is -0.481 e. The van der Waals surface area contributed by atoms with Gasteiger partial charge in [0.1, 0.15) is 0 Å². The maximum atomic E-state index is 5.71. The van der Waals surface area contributed by atoms with Crippen LogP contribution >= 0.6 is 0 Å². The Morgan fingerprint density at radius 3 is 2.29 bits per heavy atom. The zero-order chi connectivity index (χ0) is 15.1. The summed E-state index contributed by atoms with van der Waals surface area (Å²) >= 11 is 0. The van der Waals surface area contributed by atoms with Crippen molar-refractivity contribution in [2.75, 3.05) is 20.3 Å². The Kier molecular flexibility index (Phi) is 5.72. The Balaban J connectivity index is 2.38. The molecule has 0 amide bonds. The largest absolute Gasteiger partial charge is 0.481 e. The molecule has 0 radical (unpaired) electrons. The number of hydrogen-bond donors (Lipinski definition) is 0. The topological polar surface area (TPSA) is 40.6 Å². The van der Waals surface area contributed by atoms with E-state index in [2.05, 4.69) is 4.98 Å². The van der Waals surface area contributed by atoms with Crippen molar-refractivity contribution in [1.82, 2.24) is 4.98 Å². The molecule has 0 unspecified atom stereocenters. The highest BCUT2D eigenvalue weighted by molar-refractivity contribution is 5.67. The molecular formula is C17H21NO3. The van der Waals surface area contributed by atoms with Crippen molar-refractivity contribution in [3.05, 3.63) is 48.2 Å². The van der Waals surface area contributed by atoms with Crippen LogP contribution in [0.3, 0.4) is 0 Å². The van der Waals surface area contributed by atoms with Gasteiger partial charge in [-0.1, -0.05) is 24.3 Å². The summed E-state index contributed by atoms with van der Waals surface area (Å²) in [6.45, 7) is 5.12. The van der Waals surface area contributed by atoms with Gasteiger partial charge in [0, 0.05) is 36.6 Å². The molecule has 1 heterocycles. The van der Waals surface area contributed by atoms with Crippen molar-refractivity contribution in [2.24, 2.45) is 0 Å². The van der Waals surface area contributed by atoms with Gasteiger partial charge in [-0.3, -0.25) is 0 Å². The van der Waals surface area contributed by atoms with E-state index >= 15 is 0 Å². The van der Waals surface area contributed by atoms with Crippen LogP contribution in [-0.2, 0) is 9.47 Å². The van der Waals surface area contributed by atoms with Crippen molar-refractivity contribution < 1.29 is 14.2 Å². The Morgan fingerprint density at radius 2 is 1.71 bits per heavy atom. The number of pyridine rings is 1. The van der Waals surface area contributed by atoms with Gasteiger partial charge in [-0.05, 0) is 25.5 Å². The molecule has 2 rings (SSSR count). The van der Waals surface area contributed by atoms with Crippen molar-refractivity contribution in [3.63, 3.8) is 0 Å². The first-order chi connectivity index (χ1) is 10.3. The molecule has 0 aliphatic rings. The Labute approximate surface area is 125 Å². The summed E-state index contributed by atoms with van der Waals surface area (Å²) in [5.41, 5.74) is 3.07. The molecule has 112 valence electrons. The third-order valence-electron chi connectivity index (χ3n) is 3.11. The van der Waals surface area contributed by atoms with Gasteiger partial charge in [0.15, 0.2) is 6.29 Å². The normalized spacial score (nSPS) is 10.9. The van der Waals surface area contributed by atoms with Crippen LogP contribution in [0.5, 0.6) is 5.88 Å². The number of aromatic nitrogens is 1. The molecule has 21 heavy (non-hydrogen) atoms. The van der Waals surface area contributed by atoms with Gasteiger partial charge < -0.3 is 14.2 Å². The molecule has 4 heteroatoms. The van der Waals surface area contributed by atoms with Crippen molar-refractivity contribution in [3.8, 4) is 17.0 Å². The second-order valence-electron chi connectivity index (χ2n) is 4.42. The van der Waals surface area contributed by atoms with Crippen LogP contribution in [0.15, 0.2) is 42.6 Å². The third-order valence-corrected chi connectivity index (χ3v) is 3.11. The number of nitrogens with zero attached hydrogens (tertiary/aromatic N) is 1. The Bertz CT molecular complexity index is 548. The van der Waals surface area contributed by atoms with Crippen LogP contribution in [0.1, 0.15) is 25.7 Å². The van der Waals surface area contributed by atoms with E-state index in [4.69, 9.17) is 14.2 Å². The van der Waals surface area contributed by atoms with Crippen molar-refractivity contribution >= 4 is 0 Å². The van der Waals surface area contributed by atoms with Gasteiger partial charge in [0.05, 0.1) is 7.11 Å². The van der Waals surface area contributed by atoms with E-state index in [1.807, 2.05) is 50.2 Å². The smallest absolute Gasteiger partial charge is 0.212 e. The molecule has 0 aliphatic heterocycles. The first-order valence-corrected chi connectivity index (χ1v) is 7.12. The maximum Gasteiger partial charge on any atom is 0.212 e.